The van der Waals surface area contributed by atoms with E-state index in [1.165, 1.54) is 16.9 Å². The third kappa shape index (κ3) is 4.00. The van der Waals surface area contributed by atoms with Gasteiger partial charge >= 0.3 is 0 Å². The standard InChI is InChI=1S/C24H30N2OS/c1-23(2,3)18-11-15(12-19(21(18)27)24(4,5)6)14-26-22-17(13-25)16-9-7-8-10-20(16)28-22/h11-12,14,27H,7-10H2,1-6H3. The van der Waals surface area contributed by atoms with E-state index in [-0.39, 0.29) is 10.8 Å². The third-order valence-electron chi connectivity index (χ3n) is 5.34. The molecule has 1 N–H and O–H groups in total. The summed E-state index contributed by atoms with van der Waals surface area (Å²) in [7, 11) is 0. The summed E-state index contributed by atoms with van der Waals surface area (Å²) < 4.78 is 0. The highest BCUT2D eigenvalue weighted by molar-refractivity contribution is 7.16. The lowest BCUT2D eigenvalue weighted by Crippen LogP contribution is -2.17. The quantitative estimate of drug-likeness (QED) is 0.587. The number of hydrogen-bond donors (Lipinski definition) is 1. The van der Waals surface area contributed by atoms with Crippen molar-refractivity contribution in [1.29, 1.82) is 5.26 Å². The van der Waals surface area contributed by atoms with E-state index in [2.05, 4.69) is 47.6 Å². The molecule has 1 aromatic carbocycles. The lowest BCUT2D eigenvalue weighted by molar-refractivity contribution is 0.423. The molecule has 0 saturated heterocycles. The van der Waals surface area contributed by atoms with Crippen molar-refractivity contribution < 1.29 is 5.11 Å². The van der Waals surface area contributed by atoms with E-state index in [1.807, 2.05) is 18.3 Å². The summed E-state index contributed by atoms with van der Waals surface area (Å²) in [6.07, 6.45) is 6.26. The van der Waals surface area contributed by atoms with Crippen LogP contribution in [0.2, 0.25) is 0 Å². The van der Waals surface area contributed by atoms with Crippen LogP contribution in [-0.2, 0) is 23.7 Å². The number of aliphatic imine (C=N–C) groups is 1. The van der Waals surface area contributed by atoms with Gasteiger partial charge in [-0.1, -0.05) is 41.5 Å². The molecule has 4 heteroatoms. The van der Waals surface area contributed by atoms with Gasteiger partial charge in [0.2, 0.25) is 0 Å². The van der Waals surface area contributed by atoms with Gasteiger partial charge in [-0.3, -0.25) is 0 Å². The number of hydrogen-bond acceptors (Lipinski definition) is 4. The predicted octanol–water partition coefficient (Wildman–Crippen LogP) is 6.55. The number of fused-ring (bicyclic) bond motifs is 1. The summed E-state index contributed by atoms with van der Waals surface area (Å²) in [6.45, 7) is 12.6. The van der Waals surface area contributed by atoms with Crippen LogP contribution >= 0.6 is 11.3 Å². The van der Waals surface area contributed by atoms with Gasteiger partial charge in [-0.15, -0.1) is 11.3 Å². The Morgan fingerprint density at radius 1 is 1.04 bits per heavy atom. The van der Waals surface area contributed by atoms with Crippen LogP contribution < -0.4 is 0 Å². The Kier molecular flexibility index (Phi) is 5.42. The molecule has 3 rings (SSSR count). The summed E-state index contributed by atoms with van der Waals surface area (Å²) in [5, 5.41) is 21.3. The Morgan fingerprint density at radius 2 is 1.61 bits per heavy atom. The van der Waals surface area contributed by atoms with Crippen LogP contribution in [0.4, 0.5) is 5.00 Å². The van der Waals surface area contributed by atoms with E-state index < -0.39 is 0 Å². The van der Waals surface area contributed by atoms with Crippen LogP contribution in [0, 0.1) is 11.3 Å². The van der Waals surface area contributed by atoms with E-state index >= 15 is 0 Å². The van der Waals surface area contributed by atoms with Crippen LogP contribution in [0.3, 0.4) is 0 Å². The molecule has 0 bridgehead atoms. The molecule has 1 aliphatic rings. The number of nitrogens with zero attached hydrogens (tertiary/aromatic N) is 2. The van der Waals surface area contributed by atoms with Crippen LogP contribution in [0.15, 0.2) is 17.1 Å². The van der Waals surface area contributed by atoms with E-state index in [0.717, 1.165) is 46.5 Å². The summed E-state index contributed by atoms with van der Waals surface area (Å²) in [6, 6.07) is 6.42. The largest absolute Gasteiger partial charge is 0.507 e. The zero-order valence-electron chi connectivity index (χ0n) is 17.8. The average molecular weight is 395 g/mol. The minimum atomic E-state index is -0.173. The smallest absolute Gasteiger partial charge is 0.134 e. The molecule has 0 radical (unpaired) electrons. The molecular weight excluding hydrogens is 364 g/mol. The maximum Gasteiger partial charge on any atom is 0.134 e. The molecule has 0 fully saturated rings. The van der Waals surface area contributed by atoms with Gasteiger partial charge in [0.15, 0.2) is 0 Å². The molecule has 0 aliphatic heterocycles. The number of benzene rings is 1. The molecule has 1 heterocycles. The summed E-state index contributed by atoms with van der Waals surface area (Å²) in [5.41, 5.74) is 4.42. The van der Waals surface area contributed by atoms with Crippen LogP contribution in [-0.4, -0.2) is 11.3 Å². The monoisotopic (exact) mass is 394 g/mol. The molecule has 0 amide bonds. The molecule has 1 aliphatic carbocycles. The van der Waals surface area contributed by atoms with Crippen molar-refractivity contribution >= 4 is 22.6 Å². The number of phenols is 1. The van der Waals surface area contributed by atoms with Gasteiger partial charge in [0.1, 0.15) is 16.8 Å². The molecule has 28 heavy (non-hydrogen) atoms. The number of aryl methyl sites for hydroxylation is 1. The molecule has 0 atom stereocenters. The first kappa shape index (κ1) is 20.6. The fraction of sp³-hybridized carbons (Fsp3) is 0.500. The molecular formula is C24H30N2OS. The maximum absolute atomic E-state index is 10.9. The number of nitriles is 1. The lowest BCUT2D eigenvalue weighted by atomic mass is 9.78. The number of aromatic hydroxyl groups is 1. The molecule has 0 saturated carbocycles. The molecule has 3 nitrogen and oxygen atoms in total. The van der Waals surface area contributed by atoms with Crippen molar-refractivity contribution in [1.82, 2.24) is 0 Å². The minimum Gasteiger partial charge on any atom is -0.507 e. The SMILES string of the molecule is CC(C)(C)c1cc(C=Nc2sc3c(c2C#N)CCCC3)cc(C(C)(C)C)c1O. The number of rotatable bonds is 2. The highest BCUT2D eigenvalue weighted by Crippen LogP contribution is 2.41. The highest BCUT2D eigenvalue weighted by Gasteiger charge is 2.26. The molecule has 148 valence electrons. The Bertz CT molecular complexity index is 927. The van der Waals surface area contributed by atoms with E-state index in [9.17, 15) is 10.4 Å². The average Bonchev–Trinajstić information content (AvgIpc) is 2.96. The number of thiophene rings is 1. The summed E-state index contributed by atoms with van der Waals surface area (Å²) >= 11 is 1.66. The predicted molar refractivity (Wildman–Crippen MR) is 118 cm³/mol. The van der Waals surface area contributed by atoms with Crippen molar-refractivity contribution in [3.63, 3.8) is 0 Å². The van der Waals surface area contributed by atoms with Crippen molar-refractivity contribution in [2.24, 2.45) is 4.99 Å². The fourth-order valence-corrected chi connectivity index (χ4v) is 4.95. The zero-order valence-corrected chi connectivity index (χ0v) is 18.6. The van der Waals surface area contributed by atoms with Crippen molar-refractivity contribution in [2.45, 2.75) is 78.1 Å². The maximum atomic E-state index is 10.9. The first-order chi connectivity index (χ1) is 13.0. The fourth-order valence-electron chi connectivity index (χ4n) is 3.77. The highest BCUT2D eigenvalue weighted by atomic mass is 32.1. The second-order valence-corrected chi connectivity index (χ2v) is 10.8. The Labute approximate surface area is 172 Å². The Balaban J connectivity index is 2.08. The first-order valence-electron chi connectivity index (χ1n) is 9.99. The molecule has 0 spiro atoms. The lowest BCUT2D eigenvalue weighted by Gasteiger charge is -2.27. The first-order valence-corrected chi connectivity index (χ1v) is 10.8. The summed E-state index contributed by atoms with van der Waals surface area (Å²) in [5.74, 6) is 0.376. The van der Waals surface area contributed by atoms with Gasteiger partial charge in [-0.2, -0.15) is 5.26 Å². The van der Waals surface area contributed by atoms with Crippen LogP contribution in [0.25, 0.3) is 0 Å². The van der Waals surface area contributed by atoms with Crippen molar-refractivity contribution in [3.05, 3.63) is 44.8 Å². The topological polar surface area (TPSA) is 56.4 Å². The van der Waals surface area contributed by atoms with E-state index in [4.69, 9.17) is 4.99 Å². The zero-order chi connectivity index (χ0) is 20.7. The van der Waals surface area contributed by atoms with Gasteiger partial charge in [0.25, 0.3) is 0 Å². The second-order valence-electron chi connectivity index (χ2n) is 9.73. The summed E-state index contributed by atoms with van der Waals surface area (Å²) in [4.78, 5) is 6.04. The molecule has 0 unspecified atom stereocenters. The third-order valence-corrected chi connectivity index (χ3v) is 6.54. The van der Waals surface area contributed by atoms with Crippen LogP contribution in [0.5, 0.6) is 5.75 Å². The molecule has 2 aromatic rings. The minimum absolute atomic E-state index is 0.173. The van der Waals surface area contributed by atoms with Crippen molar-refractivity contribution in [3.8, 4) is 11.8 Å². The van der Waals surface area contributed by atoms with Crippen LogP contribution in [0.1, 0.15) is 87.1 Å². The van der Waals surface area contributed by atoms with Gasteiger partial charge in [0, 0.05) is 22.2 Å². The van der Waals surface area contributed by atoms with Gasteiger partial charge < -0.3 is 5.11 Å². The number of phenolic OH excluding ortho intramolecular Hbond substituents is 1. The molecule has 1 aromatic heterocycles. The van der Waals surface area contributed by atoms with E-state index in [1.54, 1.807) is 11.3 Å². The Morgan fingerprint density at radius 3 is 2.14 bits per heavy atom. The second kappa shape index (κ2) is 7.37. The van der Waals surface area contributed by atoms with Gasteiger partial charge in [-0.25, -0.2) is 4.99 Å². The normalized spacial score (nSPS) is 14.9. The Hall–Kier alpha value is -2.12. The van der Waals surface area contributed by atoms with Crippen molar-refractivity contribution in [2.75, 3.05) is 0 Å². The van der Waals surface area contributed by atoms with Gasteiger partial charge in [0.05, 0.1) is 5.56 Å². The van der Waals surface area contributed by atoms with Gasteiger partial charge in [-0.05, 0) is 59.8 Å². The van der Waals surface area contributed by atoms with E-state index in [0.29, 0.717) is 5.75 Å².